The van der Waals surface area contributed by atoms with E-state index in [2.05, 4.69) is 4.98 Å². The van der Waals surface area contributed by atoms with Gasteiger partial charge >= 0.3 is 0 Å². The summed E-state index contributed by atoms with van der Waals surface area (Å²) < 4.78 is 5.01. The molecular formula is C6H7NO2S. The van der Waals surface area contributed by atoms with Gasteiger partial charge in [0.15, 0.2) is 10.8 Å². The lowest BCUT2D eigenvalue weighted by atomic mass is 10.5. The van der Waals surface area contributed by atoms with Crippen molar-refractivity contribution in [1.82, 2.24) is 4.98 Å². The minimum absolute atomic E-state index is 0.0217. The lowest BCUT2D eigenvalue weighted by Gasteiger charge is -1.95. The molecule has 0 N–H and O–H groups in total. The van der Waals surface area contributed by atoms with Gasteiger partial charge in [-0.1, -0.05) is 11.3 Å². The summed E-state index contributed by atoms with van der Waals surface area (Å²) >= 11 is 1.38. The van der Waals surface area contributed by atoms with E-state index in [1.807, 2.05) is 0 Å². The van der Waals surface area contributed by atoms with Gasteiger partial charge in [-0.3, -0.25) is 4.79 Å². The lowest BCUT2D eigenvalue weighted by Crippen LogP contribution is -2.05. The molecule has 0 atom stereocenters. The predicted molar refractivity (Wildman–Crippen MR) is 38.3 cm³/mol. The average Bonchev–Trinajstić information content (AvgIpc) is 2.34. The third-order valence-corrected chi connectivity index (χ3v) is 1.51. The molecular weight excluding hydrogens is 150 g/mol. The number of thiazole rings is 1. The van der Waals surface area contributed by atoms with Crippen LogP contribution in [0.5, 0.6) is 5.06 Å². The zero-order valence-corrected chi connectivity index (χ0v) is 6.35. The van der Waals surface area contributed by atoms with E-state index in [1.54, 1.807) is 11.7 Å². The third-order valence-electron chi connectivity index (χ3n) is 0.827. The number of carbonyl (C=O) groups is 1. The normalized spacial score (nSPS) is 9.30. The summed E-state index contributed by atoms with van der Waals surface area (Å²) in [4.78, 5) is 14.2. The molecule has 0 aromatic carbocycles. The lowest BCUT2D eigenvalue weighted by molar-refractivity contribution is -0.118. The van der Waals surface area contributed by atoms with Gasteiger partial charge in [-0.15, -0.1) is 0 Å². The fourth-order valence-electron chi connectivity index (χ4n) is 0.448. The molecule has 0 saturated heterocycles. The Hall–Kier alpha value is -0.900. The standard InChI is InChI=1S/C6H7NO2S/c1-5(8)3-9-6-2-7-4-10-6/h2,4H,3H2,1H3. The number of hydrogen-bond donors (Lipinski definition) is 0. The van der Waals surface area contributed by atoms with Crippen molar-refractivity contribution in [2.24, 2.45) is 0 Å². The molecule has 1 aromatic rings. The van der Waals surface area contributed by atoms with Gasteiger partial charge in [-0.25, -0.2) is 4.98 Å². The topological polar surface area (TPSA) is 39.2 Å². The molecule has 3 nitrogen and oxygen atoms in total. The van der Waals surface area contributed by atoms with Crippen molar-refractivity contribution in [2.75, 3.05) is 6.61 Å². The molecule has 0 unspecified atom stereocenters. The van der Waals surface area contributed by atoms with E-state index in [1.165, 1.54) is 18.3 Å². The number of ether oxygens (including phenoxy) is 1. The van der Waals surface area contributed by atoms with Crippen LogP contribution in [-0.2, 0) is 4.79 Å². The summed E-state index contributed by atoms with van der Waals surface area (Å²) in [6, 6.07) is 0. The maximum atomic E-state index is 10.4. The number of hydrogen-bond acceptors (Lipinski definition) is 4. The number of ketones is 1. The first-order valence-electron chi connectivity index (χ1n) is 2.80. The second kappa shape index (κ2) is 3.31. The fraction of sp³-hybridized carbons (Fsp3) is 0.333. The maximum absolute atomic E-state index is 10.4. The fourth-order valence-corrected chi connectivity index (χ4v) is 0.922. The van der Waals surface area contributed by atoms with E-state index >= 15 is 0 Å². The van der Waals surface area contributed by atoms with Crippen LogP contribution in [0.15, 0.2) is 11.7 Å². The van der Waals surface area contributed by atoms with Crippen molar-refractivity contribution in [3.8, 4) is 5.06 Å². The van der Waals surface area contributed by atoms with E-state index in [9.17, 15) is 4.79 Å². The summed E-state index contributed by atoms with van der Waals surface area (Å²) in [5.74, 6) is 0.0217. The molecule has 4 heteroatoms. The SMILES string of the molecule is CC(=O)COc1cncs1. The molecule has 0 radical (unpaired) electrons. The molecule has 0 bridgehead atoms. The van der Waals surface area contributed by atoms with Crippen molar-refractivity contribution in [2.45, 2.75) is 6.92 Å². The zero-order valence-electron chi connectivity index (χ0n) is 5.53. The van der Waals surface area contributed by atoms with Crippen LogP contribution in [0.1, 0.15) is 6.92 Å². The summed E-state index contributed by atoms with van der Waals surface area (Å²) in [7, 11) is 0. The molecule has 10 heavy (non-hydrogen) atoms. The van der Waals surface area contributed by atoms with Crippen LogP contribution in [-0.4, -0.2) is 17.4 Å². The van der Waals surface area contributed by atoms with Crippen LogP contribution in [0.4, 0.5) is 0 Å². The van der Waals surface area contributed by atoms with Crippen LogP contribution in [0.2, 0.25) is 0 Å². The summed E-state index contributed by atoms with van der Waals surface area (Å²) in [6.07, 6.45) is 1.59. The minimum atomic E-state index is 0.0217. The number of carbonyl (C=O) groups excluding carboxylic acids is 1. The van der Waals surface area contributed by atoms with Crippen LogP contribution in [0, 0.1) is 0 Å². The highest BCUT2D eigenvalue weighted by Crippen LogP contribution is 2.14. The summed E-state index contributed by atoms with van der Waals surface area (Å²) in [5.41, 5.74) is 1.66. The van der Waals surface area contributed by atoms with Crippen molar-refractivity contribution < 1.29 is 9.53 Å². The molecule has 0 aliphatic heterocycles. The van der Waals surface area contributed by atoms with Crippen LogP contribution >= 0.6 is 11.3 Å². The Morgan fingerprint density at radius 3 is 3.20 bits per heavy atom. The van der Waals surface area contributed by atoms with Crippen molar-refractivity contribution in [3.05, 3.63) is 11.7 Å². The molecule has 1 aromatic heterocycles. The van der Waals surface area contributed by atoms with E-state index in [0.717, 1.165) is 0 Å². The number of Topliss-reactive ketones (excluding diaryl/α,β-unsaturated/α-hetero) is 1. The van der Waals surface area contributed by atoms with Crippen molar-refractivity contribution >= 4 is 17.1 Å². The molecule has 0 spiro atoms. The van der Waals surface area contributed by atoms with Gasteiger partial charge in [0, 0.05) is 0 Å². The van der Waals surface area contributed by atoms with Gasteiger partial charge in [0.1, 0.15) is 6.61 Å². The Bertz CT molecular complexity index is 208. The van der Waals surface area contributed by atoms with Gasteiger partial charge < -0.3 is 4.74 Å². The molecule has 1 rings (SSSR count). The van der Waals surface area contributed by atoms with Gasteiger partial charge in [0.05, 0.1) is 11.7 Å². The predicted octanol–water partition coefficient (Wildman–Crippen LogP) is 1.11. The maximum Gasteiger partial charge on any atom is 0.194 e. The number of aromatic nitrogens is 1. The Morgan fingerprint density at radius 1 is 1.90 bits per heavy atom. The number of nitrogens with zero attached hydrogens (tertiary/aromatic N) is 1. The highest BCUT2D eigenvalue weighted by molar-refractivity contribution is 7.11. The van der Waals surface area contributed by atoms with E-state index in [0.29, 0.717) is 5.06 Å². The Morgan fingerprint density at radius 2 is 2.70 bits per heavy atom. The average molecular weight is 157 g/mol. The molecule has 0 fully saturated rings. The Balaban J connectivity index is 2.35. The highest BCUT2D eigenvalue weighted by atomic mass is 32.1. The second-order valence-electron chi connectivity index (χ2n) is 1.81. The van der Waals surface area contributed by atoms with Crippen LogP contribution in [0.3, 0.4) is 0 Å². The van der Waals surface area contributed by atoms with E-state index in [4.69, 9.17) is 4.74 Å². The molecule has 0 amide bonds. The third kappa shape index (κ3) is 2.14. The molecule has 1 heterocycles. The van der Waals surface area contributed by atoms with E-state index < -0.39 is 0 Å². The molecule has 0 saturated carbocycles. The Kier molecular flexibility index (Phi) is 2.39. The zero-order chi connectivity index (χ0) is 7.40. The van der Waals surface area contributed by atoms with Crippen LogP contribution < -0.4 is 4.74 Å². The summed E-state index contributed by atoms with van der Waals surface area (Å²) in [6.45, 7) is 1.63. The van der Waals surface area contributed by atoms with Crippen LogP contribution in [0.25, 0.3) is 0 Å². The highest BCUT2D eigenvalue weighted by Gasteiger charge is 1.96. The van der Waals surface area contributed by atoms with Gasteiger partial charge in [0.2, 0.25) is 0 Å². The smallest absolute Gasteiger partial charge is 0.194 e. The van der Waals surface area contributed by atoms with Crippen molar-refractivity contribution in [1.29, 1.82) is 0 Å². The monoisotopic (exact) mass is 157 g/mol. The first kappa shape index (κ1) is 7.21. The first-order chi connectivity index (χ1) is 4.79. The van der Waals surface area contributed by atoms with E-state index in [-0.39, 0.29) is 12.4 Å². The second-order valence-corrected chi connectivity index (χ2v) is 2.66. The summed E-state index contributed by atoms with van der Waals surface area (Å²) in [5, 5.41) is 0.690. The van der Waals surface area contributed by atoms with Crippen molar-refractivity contribution in [3.63, 3.8) is 0 Å². The molecule has 0 aliphatic rings. The van der Waals surface area contributed by atoms with Gasteiger partial charge in [0.25, 0.3) is 0 Å². The Labute approximate surface area is 62.7 Å². The molecule has 54 valence electrons. The first-order valence-corrected chi connectivity index (χ1v) is 3.68. The minimum Gasteiger partial charge on any atom is -0.475 e. The molecule has 0 aliphatic carbocycles. The number of rotatable bonds is 3. The van der Waals surface area contributed by atoms with Gasteiger partial charge in [-0.2, -0.15) is 0 Å². The van der Waals surface area contributed by atoms with Gasteiger partial charge in [-0.05, 0) is 6.92 Å². The largest absolute Gasteiger partial charge is 0.475 e. The quantitative estimate of drug-likeness (QED) is 0.659.